The van der Waals surface area contributed by atoms with Crippen molar-refractivity contribution in [2.45, 2.75) is 57.2 Å². The molecule has 2 amide bonds. The summed E-state index contributed by atoms with van der Waals surface area (Å²) in [7, 11) is -0.0764. The fourth-order valence-electron chi connectivity index (χ4n) is 4.02. The van der Waals surface area contributed by atoms with Crippen molar-refractivity contribution in [3.8, 4) is 0 Å². The topological polar surface area (TPSA) is 58.6 Å². The number of ether oxygens (including phenoxy) is 1. The Bertz CT molecular complexity index is 641. The number of hydrogen-bond acceptors (Lipinski definition) is 3. The van der Waals surface area contributed by atoms with Gasteiger partial charge in [-0.05, 0) is 26.3 Å². The third kappa shape index (κ3) is 2.31. The highest BCUT2D eigenvalue weighted by Crippen LogP contribution is 2.53. The van der Waals surface area contributed by atoms with Crippen LogP contribution in [0.4, 0.5) is 0 Å². The summed E-state index contributed by atoms with van der Waals surface area (Å²) in [6, 6.07) is 9.49. The van der Waals surface area contributed by atoms with E-state index in [0.29, 0.717) is 0 Å². The number of likely N-dealkylation sites (tertiary alicyclic amines) is 1. The van der Waals surface area contributed by atoms with Gasteiger partial charge in [-0.25, -0.2) is 0 Å². The number of methoxy groups -OCH3 is 1. The van der Waals surface area contributed by atoms with Gasteiger partial charge in [0.05, 0.1) is 8.80 Å². The van der Waals surface area contributed by atoms with Crippen molar-refractivity contribution in [1.29, 1.82) is 0 Å². The van der Waals surface area contributed by atoms with E-state index in [4.69, 9.17) is 4.74 Å². The first-order valence-electron chi connectivity index (χ1n) is 8.30. The van der Waals surface area contributed by atoms with E-state index in [1.54, 1.807) is 7.11 Å². The molecule has 24 heavy (non-hydrogen) atoms. The zero-order chi connectivity index (χ0) is 18.3. The first-order chi connectivity index (χ1) is 11.1. The molecule has 1 aliphatic rings. The molecule has 1 aromatic rings. The number of nitrogens with one attached hydrogen (secondary N) is 1. The van der Waals surface area contributed by atoms with Crippen molar-refractivity contribution in [3.05, 3.63) is 35.9 Å². The van der Waals surface area contributed by atoms with Crippen LogP contribution in [0.3, 0.4) is 0 Å². The van der Waals surface area contributed by atoms with Gasteiger partial charge in [-0.15, -0.1) is 0 Å². The Hall–Kier alpha value is -1.66. The Balaban J connectivity index is 2.77. The number of amides is 2. The Kier molecular flexibility index (Phi) is 4.67. The lowest BCUT2D eigenvalue weighted by Crippen LogP contribution is -2.93. The smallest absolute Gasteiger partial charge is 0.265 e. The normalized spacial score (nSPS) is 27.2. The van der Waals surface area contributed by atoms with Crippen LogP contribution in [0, 0.1) is 0 Å². The first-order valence-corrected chi connectivity index (χ1v) is 11.2. The van der Waals surface area contributed by atoms with Crippen LogP contribution in [0.1, 0.15) is 33.3 Å². The highest BCUT2D eigenvalue weighted by Gasteiger charge is 2.76. The van der Waals surface area contributed by atoms with Crippen LogP contribution in [0.2, 0.25) is 13.1 Å². The molecule has 1 heterocycles. The van der Waals surface area contributed by atoms with Gasteiger partial charge in [0, 0.05) is 19.6 Å². The van der Waals surface area contributed by atoms with Gasteiger partial charge >= 0.3 is 0 Å². The Morgan fingerprint density at radius 2 is 1.75 bits per heavy atom. The number of carbonyl (C=O) groups is 2. The summed E-state index contributed by atoms with van der Waals surface area (Å²) in [6.45, 7) is 11.7. The second kappa shape index (κ2) is 6.00. The Morgan fingerprint density at radius 1 is 1.21 bits per heavy atom. The van der Waals surface area contributed by atoms with Gasteiger partial charge in [-0.2, -0.15) is 0 Å². The van der Waals surface area contributed by atoms with Crippen LogP contribution < -0.4 is 5.32 Å². The molecule has 1 N–H and O–H groups in total. The van der Waals surface area contributed by atoms with Gasteiger partial charge < -0.3 is 15.0 Å². The lowest BCUT2D eigenvalue weighted by molar-refractivity contribution is -0.233. The minimum absolute atomic E-state index is 0.0985. The summed E-state index contributed by atoms with van der Waals surface area (Å²) in [6.07, 6.45) is 0. The molecule has 0 saturated carbocycles. The number of β-lactam (4-membered cyclic amide) rings is 1. The maximum atomic E-state index is 13.3. The van der Waals surface area contributed by atoms with Crippen molar-refractivity contribution in [2.75, 3.05) is 7.11 Å². The van der Waals surface area contributed by atoms with Crippen molar-refractivity contribution >= 4 is 20.6 Å². The average Bonchev–Trinajstić information content (AvgIpc) is 2.46. The lowest BCUT2D eigenvalue weighted by Gasteiger charge is -2.69. The van der Waals surface area contributed by atoms with E-state index in [-0.39, 0.29) is 11.8 Å². The molecule has 0 bridgehead atoms. The van der Waals surface area contributed by atoms with Crippen molar-refractivity contribution < 1.29 is 14.3 Å². The molecule has 2 rings (SSSR count). The molecule has 6 heteroatoms. The van der Waals surface area contributed by atoms with Crippen LogP contribution in [-0.2, 0) is 19.9 Å². The van der Waals surface area contributed by atoms with Crippen LogP contribution in [-0.4, -0.2) is 43.4 Å². The number of nitrogens with zero attached hydrogens (tertiary/aromatic N) is 1. The van der Waals surface area contributed by atoms with E-state index in [1.165, 1.54) is 6.92 Å². The molecule has 132 valence electrons. The molecule has 1 aliphatic heterocycles. The van der Waals surface area contributed by atoms with Crippen molar-refractivity contribution in [3.63, 3.8) is 0 Å². The van der Waals surface area contributed by atoms with Gasteiger partial charge in [0.25, 0.3) is 5.91 Å². The highest BCUT2D eigenvalue weighted by atomic mass is 28.3. The van der Waals surface area contributed by atoms with Gasteiger partial charge in [-0.3, -0.25) is 9.59 Å². The molecule has 0 spiro atoms. The standard InChI is InChI=1S/C18H28N2O3Si/c1-13(21)19-18(24(6)7)17(23-5,14-11-9-8-10-12-14)15(22)20(18)16(2,3)4/h8-12,24H,1-7H3,(H,19,21). The Labute approximate surface area is 146 Å². The third-order valence-electron chi connectivity index (χ3n) is 4.75. The van der Waals surface area contributed by atoms with Crippen molar-refractivity contribution in [2.24, 2.45) is 0 Å². The maximum absolute atomic E-state index is 13.3. The molecule has 0 aliphatic carbocycles. The minimum Gasteiger partial charge on any atom is -0.360 e. The molecule has 0 aromatic heterocycles. The predicted molar refractivity (Wildman–Crippen MR) is 97.2 cm³/mol. The molecule has 1 saturated heterocycles. The summed E-state index contributed by atoms with van der Waals surface area (Å²) >= 11 is 0. The van der Waals surface area contributed by atoms with E-state index >= 15 is 0 Å². The average molecular weight is 349 g/mol. The largest absolute Gasteiger partial charge is 0.360 e. The fourth-order valence-corrected chi connectivity index (χ4v) is 6.75. The second-order valence-corrected chi connectivity index (χ2v) is 10.8. The van der Waals surface area contributed by atoms with E-state index in [1.807, 2.05) is 56.0 Å². The van der Waals surface area contributed by atoms with Crippen LogP contribution in [0.25, 0.3) is 0 Å². The van der Waals surface area contributed by atoms with Gasteiger partial charge in [0.1, 0.15) is 5.29 Å². The van der Waals surface area contributed by atoms with E-state index in [0.717, 1.165) is 5.56 Å². The van der Waals surface area contributed by atoms with E-state index in [9.17, 15) is 9.59 Å². The summed E-state index contributed by atoms with van der Waals surface area (Å²) in [5, 5.41) is 2.31. The third-order valence-corrected chi connectivity index (χ3v) is 7.23. The summed E-state index contributed by atoms with van der Waals surface area (Å²) in [4.78, 5) is 27.2. The molecule has 2 unspecified atom stereocenters. The van der Waals surface area contributed by atoms with Crippen LogP contribution in [0.5, 0.6) is 0 Å². The number of carbonyl (C=O) groups excluding carboxylic acids is 2. The van der Waals surface area contributed by atoms with Gasteiger partial charge in [-0.1, -0.05) is 43.4 Å². The monoisotopic (exact) mass is 348 g/mol. The number of benzene rings is 1. The van der Waals surface area contributed by atoms with Gasteiger partial charge in [0.2, 0.25) is 11.5 Å². The molecule has 5 nitrogen and oxygen atoms in total. The highest BCUT2D eigenvalue weighted by molar-refractivity contribution is 6.62. The molecule has 1 fully saturated rings. The zero-order valence-electron chi connectivity index (χ0n) is 15.6. The first kappa shape index (κ1) is 18.7. The fraction of sp³-hybridized carbons (Fsp3) is 0.556. The van der Waals surface area contributed by atoms with Crippen LogP contribution in [0.15, 0.2) is 30.3 Å². The number of rotatable bonds is 4. The summed E-state index contributed by atoms with van der Waals surface area (Å²) in [5.41, 5.74) is -0.811. The molecule has 2 atom stereocenters. The predicted octanol–water partition coefficient (Wildman–Crippen LogP) is 2.03. The molecular formula is C18H28N2O3Si. The number of hydrogen-bond donors (Lipinski definition) is 1. The molecule has 1 aromatic carbocycles. The Morgan fingerprint density at radius 3 is 2.12 bits per heavy atom. The van der Waals surface area contributed by atoms with E-state index < -0.39 is 25.2 Å². The lowest BCUT2D eigenvalue weighted by atomic mass is 9.76. The molecule has 0 radical (unpaired) electrons. The van der Waals surface area contributed by atoms with Crippen molar-refractivity contribution in [1.82, 2.24) is 10.2 Å². The quantitative estimate of drug-likeness (QED) is 0.669. The minimum atomic E-state index is -1.63. The zero-order valence-corrected chi connectivity index (χ0v) is 16.8. The summed E-state index contributed by atoms with van der Waals surface area (Å²) < 4.78 is 5.90. The van der Waals surface area contributed by atoms with Gasteiger partial charge in [0.15, 0.2) is 0 Å². The molecular weight excluding hydrogens is 320 g/mol. The second-order valence-electron chi connectivity index (χ2n) is 7.66. The van der Waals surface area contributed by atoms with E-state index in [2.05, 4.69) is 18.4 Å². The van der Waals surface area contributed by atoms with Crippen LogP contribution >= 0.6 is 0 Å². The maximum Gasteiger partial charge on any atom is 0.265 e. The SMILES string of the molecule is COC1(c2ccccc2)C(=O)N(C(C)(C)C)C1(NC(C)=O)[SiH](C)C. The summed E-state index contributed by atoms with van der Waals surface area (Å²) in [5.74, 6) is -0.256.